The number of rotatable bonds is 5. The molecule has 4 heterocycles. The molecular formula is C29H26ClN5O. The zero-order chi connectivity index (χ0) is 24.9. The molecule has 1 unspecified atom stereocenters. The van der Waals surface area contributed by atoms with Gasteiger partial charge < -0.3 is 14.6 Å². The Kier molecular flexibility index (Phi) is 5.51. The third kappa shape index (κ3) is 3.56. The fourth-order valence-corrected chi connectivity index (χ4v) is 5.25. The Bertz CT molecular complexity index is 1560. The smallest absolute Gasteiger partial charge is 0.158 e. The Labute approximate surface area is 214 Å². The second-order valence-electron chi connectivity index (χ2n) is 9.35. The molecule has 1 N–H and O–H groups in total. The van der Waals surface area contributed by atoms with Gasteiger partial charge in [-0.25, -0.2) is 9.97 Å². The van der Waals surface area contributed by atoms with Crippen LogP contribution in [-0.2, 0) is 12.6 Å². The molecule has 1 aliphatic heterocycles. The van der Waals surface area contributed by atoms with Crippen molar-refractivity contribution in [2.75, 3.05) is 18.0 Å². The molecule has 1 fully saturated rings. The zero-order valence-electron chi connectivity index (χ0n) is 20.2. The van der Waals surface area contributed by atoms with Crippen LogP contribution in [0.4, 0.5) is 5.82 Å². The maximum atomic E-state index is 12.3. The lowest BCUT2D eigenvalue weighted by molar-refractivity contribution is 0.117. The molecule has 1 aliphatic rings. The van der Waals surface area contributed by atoms with E-state index >= 15 is 0 Å². The molecule has 0 radical (unpaired) electrons. The summed E-state index contributed by atoms with van der Waals surface area (Å²) >= 11 is 7.17. The van der Waals surface area contributed by atoms with E-state index in [1.807, 2.05) is 67.1 Å². The first-order chi connectivity index (χ1) is 17.5. The fourth-order valence-electron chi connectivity index (χ4n) is 4.90. The minimum absolute atomic E-state index is 0.629. The largest absolute Gasteiger partial charge is 0.374 e. The van der Waals surface area contributed by atoms with Gasteiger partial charge in [-0.2, -0.15) is 0 Å². The van der Waals surface area contributed by atoms with E-state index in [0.29, 0.717) is 21.8 Å². The number of nitrogens with zero attached hydrogens (tertiary/aromatic N) is 5. The molecule has 6 rings (SSSR count). The third-order valence-electron chi connectivity index (χ3n) is 7.05. The Morgan fingerprint density at radius 1 is 0.972 bits per heavy atom. The van der Waals surface area contributed by atoms with Crippen molar-refractivity contribution in [1.82, 2.24) is 19.5 Å². The number of hydrogen-bond donors (Lipinski definition) is 1. The molecule has 0 aliphatic carbocycles. The van der Waals surface area contributed by atoms with Gasteiger partial charge in [0, 0.05) is 48.5 Å². The van der Waals surface area contributed by atoms with E-state index in [1.165, 1.54) is 0 Å². The number of anilines is 1. The fraction of sp³-hybridized carbons (Fsp3) is 0.207. The summed E-state index contributed by atoms with van der Waals surface area (Å²) in [5, 5.41) is 13.8. The summed E-state index contributed by atoms with van der Waals surface area (Å²) in [5.41, 5.74) is 4.09. The molecule has 1 saturated heterocycles. The summed E-state index contributed by atoms with van der Waals surface area (Å²) in [5.74, 6) is 0.905. The first-order valence-electron chi connectivity index (χ1n) is 12.0. The van der Waals surface area contributed by atoms with Gasteiger partial charge in [0.2, 0.25) is 0 Å². The van der Waals surface area contributed by atoms with Gasteiger partial charge >= 0.3 is 0 Å². The van der Waals surface area contributed by atoms with Gasteiger partial charge in [-0.3, -0.25) is 4.98 Å². The van der Waals surface area contributed by atoms with Crippen LogP contribution in [0, 0.1) is 6.92 Å². The number of imidazole rings is 1. The van der Waals surface area contributed by atoms with Crippen molar-refractivity contribution >= 4 is 28.3 Å². The molecular weight excluding hydrogens is 470 g/mol. The second kappa shape index (κ2) is 8.73. The summed E-state index contributed by atoms with van der Waals surface area (Å²) in [6, 6.07) is 19.8. The van der Waals surface area contributed by atoms with Crippen LogP contribution in [0.2, 0.25) is 5.02 Å². The lowest BCUT2D eigenvalue weighted by atomic mass is 9.83. The number of aryl methyl sites for hydroxylation is 2. The van der Waals surface area contributed by atoms with E-state index in [-0.39, 0.29) is 0 Å². The van der Waals surface area contributed by atoms with Gasteiger partial charge in [-0.1, -0.05) is 54.1 Å². The minimum atomic E-state index is -1.48. The van der Waals surface area contributed by atoms with E-state index in [1.54, 1.807) is 18.7 Å². The van der Waals surface area contributed by atoms with Crippen molar-refractivity contribution in [3.63, 3.8) is 0 Å². The number of pyridine rings is 2. The quantitative estimate of drug-likeness (QED) is 0.349. The molecule has 0 bridgehead atoms. The molecule has 6 nitrogen and oxygen atoms in total. The van der Waals surface area contributed by atoms with Crippen LogP contribution >= 0.6 is 11.6 Å². The zero-order valence-corrected chi connectivity index (χ0v) is 20.9. The van der Waals surface area contributed by atoms with Gasteiger partial charge in [0.15, 0.2) is 5.60 Å². The van der Waals surface area contributed by atoms with Gasteiger partial charge in [0.05, 0.1) is 28.8 Å². The average Bonchev–Trinajstić information content (AvgIpc) is 3.30. The molecule has 0 spiro atoms. The van der Waals surface area contributed by atoms with Crippen LogP contribution in [0.15, 0.2) is 79.4 Å². The monoisotopic (exact) mass is 495 g/mol. The van der Waals surface area contributed by atoms with Crippen molar-refractivity contribution in [3.8, 4) is 11.1 Å². The number of fused-ring (bicyclic) bond motifs is 1. The van der Waals surface area contributed by atoms with Crippen LogP contribution in [0.3, 0.4) is 0 Å². The third-order valence-corrected chi connectivity index (χ3v) is 7.45. The standard InChI is InChI=1S/C29H26ClN5O/c1-19-9-10-22(16-32-19)29(36,25-17-31-18-34(25)2)21-11-12-24-23(15-21)27(30)26(20-7-4-3-5-8-20)28(33-24)35-13-6-14-35/h3-5,7-12,15-18,36H,6,13-14H2,1-2H3. The Balaban J connectivity index is 1.61. The van der Waals surface area contributed by atoms with E-state index in [0.717, 1.165) is 53.1 Å². The van der Waals surface area contributed by atoms with E-state index in [4.69, 9.17) is 16.6 Å². The highest BCUT2D eigenvalue weighted by Gasteiger charge is 2.37. The van der Waals surface area contributed by atoms with Gasteiger partial charge in [-0.15, -0.1) is 0 Å². The van der Waals surface area contributed by atoms with Crippen LogP contribution in [0.1, 0.15) is 28.9 Å². The van der Waals surface area contributed by atoms with E-state index in [2.05, 4.69) is 27.0 Å². The molecule has 5 aromatic rings. The van der Waals surface area contributed by atoms with Crippen molar-refractivity contribution in [2.24, 2.45) is 7.05 Å². The minimum Gasteiger partial charge on any atom is -0.374 e. The lowest BCUT2D eigenvalue weighted by Crippen LogP contribution is -2.38. The highest BCUT2D eigenvalue weighted by Crippen LogP contribution is 2.44. The number of halogens is 1. The predicted molar refractivity (Wildman–Crippen MR) is 143 cm³/mol. The van der Waals surface area contributed by atoms with E-state index in [9.17, 15) is 5.11 Å². The molecule has 2 aromatic carbocycles. The Hall–Kier alpha value is -3.74. The molecule has 180 valence electrons. The van der Waals surface area contributed by atoms with Crippen molar-refractivity contribution < 1.29 is 5.11 Å². The first-order valence-corrected chi connectivity index (χ1v) is 12.4. The van der Waals surface area contributed by atoms with Crippen molar-refractivity contribution in [1.29, 1.82) is 0 Å². The molecule has 36 heavy (non-hydrogen) atoms. The molecule has 1 atom stereocenters. The summed E-state index contributed by atoms with van der Waals surface area (Å²) in [6.45, 7) is 3.86. The summed E-state index contributed by atoms with van der Waals surface area (Å²) in [6.07, 6.45) is 6.23. The van der Waals surface area contributed by atoms with Gasteiger partial charge in [-0.05, 0) is 42.7 Å². The van der Waals surface area contributed by atoms with Crippen molar-refractivity contribution in [2.45, 2.75) is 18.9 Å². The Morgan fingerprint density at radius 2 is 1.75 bits per heavy atom. The molecule has 0 amide bonds. The normalized spacial score (nSPS) is 15.1. The summed E-state index contributed by atoms with van der Waals surface area (Å²) < 4.78 is 1.83. The summed E-state index contributed by atoms with van der Waals surface area (Å²) in [4.78, 5) is 16.1. The highest BCUT2D eigenvalue weighted by atomic mass is 35.5. The SMILES string of the molecule is Cc1ccc(C(O)(c2ccc3nc(N4CCC4)c(-c4ccccc4)c(Cl)c3c2)c2cncn2C)cn1. The van der Waals surface area contributed by atoms with Crippen LogP contribution in [0.5, 0.6) is 0 Å². The Morgan fingerprint density at radius 3 is 2.39 bits per heavy atom. The lowest BCUT2D eigenvalue weighted by Gasteiger charge is -2.34. The van der Waals surface area contributed by atoms with E-state index < -0.39 is 5.60 Å². The predicted octanol–water partition coefficient (Wildman–Crippen LogP) is 5.49. The highest BCUT2D eigenvalue weighted by molar-refractivity contribution is 6.39. The molecule has 3 aromatic heterocycles. The van der Waals surface area contributed by atoms with Gasteiger partial charge in [0.25, 0.3) is 0 Å². The summed E-state index contributed by atoms with van der Waals surface area (Å²) in [7, 11) is 1.87. The molecule has 0 saturated carbocycles. The number of aliphatic hydroxyl groups is 1. The average molecular weight is 496 g/mol. The number of hydrogen-bond acceptors (Lipinski definition) is 5. The van der Waals surface area contributed by atoms with Crippen LogP contribution in [0.25, 0.3) is 22.0 Å². The van der Waals surface area contributed by atoms with Crippen LogP contribution in [-0.4, -0.2) is 37.7 Å². The molecule has 7 heteroatoms. The maximum absolute atomic E-state index is 12.3. The topological polar surface area (TPSA) is 67.1 Å². The van der Waals surface area contributed by atoms with Gasteiger partial charge in [0.1, 0.15) is 5.82 Å². The second-order valence-corrected chi connectivity index (χ2v) is 9.73. The van der Waals surface area contributed by atoms with Crippen LogP contribution < -0.4 is 4.90 Å². The number of benzene rings is 2. The first kappa shape index (κ1) is 22.7. The number of aromatic nitrogens is 4. The maximum Gasteiger partial charge on any atom is 0.158 e. The van der Waals surface area contributed by atoms with Crippen molar-refractivity contribution in [3.05, 3.63) is 107 Å².